The second-order valence-corrected chi connectivity index (χ2v) is 6.85. The van der Waals surface area contributed by atoms with Crippen molar-refractivity contribution >= 4 is 44.0 Å². The second kappa shape index (κ2) is 6.73. The Bertz CT molecular complexity index is 748. The molecule has 3 heteroatoms. The Hall–Kier alpha value is -1.17. The van der Waals surface area contributed by atoms with Gasteiger partial charge in [0.25, 0.3) is 0 Å². The molecule has 3 rings (SSSR count). The lowest BCUT2D eigenvalue weighted by atomic mass is 10.1. The van der Waals surface area contributed by atoms with E-state index >= 15 is 0 Å². The summed E-state index contributed by atoms with van der Waals surface area (Å²) in [5, 5.41) is 1.31. The summed E-state index contributed by atoms with van der Waals surface area (Å²) in [7, 11) is 0. The van der Waals surface area contributed by atoms with Crippen LogP contribution in [0.25, 0.3) is 10.1 Å². The summed E-state index contributed by atoms with van der Waals surface area (Å²) in [4.78, 5) is 1.27. The lowest BCUT2D eigenvalue weighted by molar-refractivity contribution is 0.106. The molecule has 0 aliphatic carbocycles. The first-order chi connectivity index (χ1) is 10.3. The lowest BCUT2D eigenvalue weighted by Gasteiger charge is -2.17. The van der Waals surface area contributed by atoms with Gasteiger partial charge >= 0.3 is 0 Å². The van der Waals surface area contributed by atoms with Gasteiger partial charge in [0.1, 0.15) is 6.10 Å². The number of ether oxygens (including phenoxy) is 1. The van der Waals surface area contributed by atoms with Crippen LogP contribution in [0.5, 0.6) is 0 Å². The summed E-state index contributed by atoms with van der Waals surface area (Å²) in [6.07, 6.45) is 1.77. The monoisotopic (exact) mass is 406 g/mol. The van der Waals surface area contributed by atoms with Crippen molar-refractivity contribution in [2.75, 3.05) is 6.61 Å². The van der Waals surface area contributed by atoms with Crippen LogP contribution in [0.3, 0.4) is 0 Å². The molecule has 0 N–H and O–H groups in total. The summed E-state index contributed by atoms with van der Waals surface area (Å²) in [6, 6.07) is 18.9. The van der Waals surface area contributed by atoms with Gasteiger partial charge in [-0.3, -0.25) is 0 Å². The van der Waals surface area contributed by atoms with Gasteiger partial charge in [-0.15, -0.1) is 17.9 Å². The molecule has 1 nitrogen and oxygen atoms in total. The highest BCUT2D eigenvalue weighted by Gasteiger charge is 2.21. The molecule has 0 aliphatic heterocycles. The molecule has 0 aliphatic rings. The Kier molecular flexibility index (Phi) is 4.73. The largest absolute Gasteiger partial charge is 0.364 e. The summed E-state index contributed by atoms with van der Waals surface area (Å²) in [6.45, 7) is 4.31. The van der Waals surface area contributed by atoms with Crippen LogP contribution < -0.4 is 0 Å². The third-order valence-corrected chi connectivity index (χ3v) is 6.02. The molecule has 3 aromatic rings. The van der Waals surface area contributed by atoms with Gasteiger partial charge in [-0.1, -0.05) is 54.6 Å². The Morgan fingerprint density at radius 2 is 1.81 bits per heavy atom. The van der Waals surface area contributed by atoms with E-state index in [1.54, 1.807) is 6.08 Å². The number of rotatable bonds is 5. The van der Waals surface area contributed by atoms with E-state index in [-0.39, 0.29) is 6.10 Å². The van der Waals surface area contributed by atoms with Crippen molar-refractivity contribution in [3.63, 3.8) is 0 Å². The van der Waals surface area contributed by atoms with Crippen molar-refractivity contribution in [3.8, 4) is 0 Å². The third-order valence-electron chi connectivity index (χ3n) is 3.28. The molecule has 1 heterocycles. The minimum atomic E-state index is -0.0338. The predicted molar refractivity (Wildman–Crippen MR) is 99.0 cm³/mol. The third kappa shape index (κ3) is 3.05. The second-order valence-electron chi connectivity index (χ2n) is 4.69. The topological polar surface area (TPSA) is 9.23 Å². The minimum Gasteiger partial charge on any atom is -0.364 e. The van der Waals surface area contributed by atoms with Crippen molar-refractivity contribution in [3.05, 3.63) is 81.3 Å². The van der Waals surface area contributed by atoms with Crippen molar-refractivity contribution in [2.45, 2.75) is 6.10 Å². The zero-order chi connectivity index (χ0) is 14.7. The van der Waals surface area contributed by atoms with E-state index in [4.69, 9.17) is 4.74 Å². The van der Waals surface area contributed by atoms with Gasteiger partial charge in [0.2, 0.25) is 0 Å². The smallest absolute Gasteiger partial charge is 0.118 e. The molecule has 1 aromatic heterocycles. The van der Waals surface area contributed by atoms with Crippen LogP contribution in [-0.4, -0.2) is 6.61 Å². The van der Waals surface area contributed by atoms with Gasteiger partial charge in [0.15, 0.2) is 0 Å². The maximum absolute atomic E-state index is 6.06. The Balaban J connectivity index is 2.10. The molecule has 0 saturated heterocycles. The minimum absolute atomic E-state index is 0.0338. The highest BCUT2D eigenvalue weighted by atomic mass is 127. The zero-order valence-electron chi connectivity index (χ0n) is 11.5. The van der Waals surface area contributed by atoms with E-state index in [1.165, 1.54) is 24.1 Å². The number of benzene rings is 2. The normalized spacial score (nSPS) is 12.4. The molecule has 0 amide bonds. The summed E-state index contributed by atoms with van der Waals surface area (Å²) < 4.78 is 8.65. The Labute approximate surface area is 142 Å². The molecular formula is C18H15IOS. The van der Waals surface area contributed by atoms with E-state index < -0.39 is 0 Å². The van der Waals surface area contributed by atoms with Gasteiger partial charge < -0.3 is 4.74 Å². The van der Waals surface area contributed by atoms with Crippen molar-refractivity contribution in [1.29, 1.82) is 0 Å². The molecule has 0 saturated carbocycles. The summed E-state index contributed by atoms with van der Waals surface area (Å²) in [5.41, 5.74) is 1.18. The fourth-order valence-electron chi connectivity index (χ4n) is 2.32. The molecule has 1 atom stereocenters. The van der Waals surface area contributed by atoms with Gasteiger partial charge in [-0.2, -0.15) is 0 Å². The molecule has 106 valence electrons. The quantitative estimate of drug-likeness (QED) is 0.385. The average Bonchev–Trinajstić information content (AvgIpc) is 2.86. The number of hydrogen-bond donors (Lipinski definition) is 0. The van der Waals surface area contributed by atoms with Crippen LogP contribution >= 0.6 is 33.9 Å². The Morgan fingerprint density at radius 3 is 2.52 bits per heavy atom. The number of fused-ring (bicyclic) bond motifs is 1. The van der Waals surface area contributed by atoms with E-state index in [0.29, 0.717) is 6.61 Å². The Morgan fingerprint density at radius 1 is 1.10 bits per heavy atom. The molecule has 0 spiro atoms. The molecule has 0 radical (unpaired) electrons. The summed E-state index contributed by atoms with van der Waals surface area (Å²) >= 11 is 4.24. The molecular weight excluding hydrogens is 391 g/mol. The first kappa shape index (κ1) is 14.8. The van der Waals surface area contributed by atoms with Crippen LogP contribution in [0.2, 0.25) is 0 Å². The van der Waals surface area contributed by atoms with E-state index in [9.17, 15) is 0 Å². The van der Waals surface area contributed by atoms with E-state index in [1.807, 2.05) is 17.4 Å². The van der Waals surface area contributed by atoms with E-state index in [0.717, 1.165) is 0 Å². The number of halogens is 1. The van der Waals surface area contributed by atoms with Crippen LogP contribution in [0.15, 0.2) is 67.3 Å². The predicted octanol–water partition coefficient (Wildman–Crippen LogP) is 5.80. The first-order valence-electron chi connectivity index (χ1n) is 6.75. The van der Waals surface area contributed by atoms with E-state index in [2.05, 4.69) is 77.7 Å². The van der Waals surface area contributed by atoms with Crippen molar-refractivity contribution in [1.82, 2.24) is 0 Å². The molecule has 1 unspecified atom stereocenters. The highest BCUT2D eigenvalue weighted by Crippen LogP contribution is 2.40. The molecule has 2 aromatic carbocycles. The van der Waals surface area contributed by atoms with Gasteiger partial charge in [0, 0.05) is 13.7 Å². The van der Waals surface area contributed by atoms with Crippen molar-refractivity contribution < 1.29 is 4.74 Å². The molecule has 21 heavy (non-hydrogen) atoms. The SMILES string of the molecule is C=CCOC(c1ccccc1)c1sc2ccccc2c1I. The van der Waals surface area contributed by atoms with Crippen LogP contribution in [0.4, 0.5) is 0 Å². The maximum Gasteiger partial charge on any atom is 0.118 e. The van der Waals surface area contributed by atoms with Gasteiger partial charge in [-0.25, -0.2) is 0 Å². The van der Waals surface area contributed by atoms with Gasteiger partial charge in [0.05, 0.1) is 11.5 Å². The van der Waals surface area contributed by atoms with Gasteiger partial charge in [-0.05, 0) is 34.2 Å². The fraction of sp³-hybridized carbons (Fsp3) is 0.111. The number of hydrogen-bond acceptors (Lipinski definition) is 2. The van der Waals surface area contributed by atoms with Crippen LogP contribution in [0, 0.1) is 3.57 Å². The van der Waals surface area contributed by atoms with Crippen molar-refractivity contribution in [2.24, 2.45) is 0 Å². The maximum atomic E-state index is 6.06. The van der Waals surface area contributed by atoms with Crippen LogP contribution in [-0.2, 0) is 4.74 Å². The molecule has 0 fully saturated rings. The van der Waals surface area contributed by atoms with Crippen LogP contribution in [0.1, 0.15) is 16.5 Å². The summed E-state index contributed by atoms with van der Waals surface area (Å²) in [5.74, 6) is 0. The lowest BCUT2D eigenvalue weighted by Crippen LogP contribution is -2.06. The standard InChI is InChI=1S/C18H15IOS/c1-2-12-20-17(13-8-4-3-5-9-13)18-16(19)14-10-6-7-11-15(14)21-18/h2-11,17H,1,12H2. The fourth-order valence-corrected chi connectivity index (χ4v) is 4.76. The number of thiophene rings is 1. The average molecular weight is 406 g/mol. The first-order valence-corrected chi connectivity index (χ1v) is 8.65. The highest BCUT2D eigenvalue weighted by molar-refractivity contribution is 14.1. The zero-order valence-corrected chi connectivity index (χ0v) is 14.4. The molecule has 0 bridgehead atoms.